The highest BCUT2D eigenvalue weighted by atomic mass is 16.6. The van der Waals surface area contributed by atoms with Crippen molar-refractivity contribution in [2.45, 2.75) is 64.8 Å². The Labute approximate surface area is 168 Å². The topological polar surface area (TPSA) is 40.5 Å². The number of carbonyl (C=O) groups is 1. The van der Waals surface area contributed by atoms with Crippen LogP contribution in [0.25, 0.3) is 23.9 Å². The number of rotatable bonds is 14. The van der Waals surface area contributed by atoms with Crippen LogP contribution in [0.15, 0.2) is 24.3 Å². The fraction of sp³-hybridized carbons (Fsp3) is 0.542. The van der Waals surface area contributed by atoms with Crippen LogP contribution in [0.1, 0.15) is 58.3 Å². The number of nitrogens with zero attached hydrogens (tertiary/aromatic N) is 1. The van der Waals surface area contributed by atoms with Crippen molar-refractivity contribution >= 4 is 29.9 Å². The molecule has 0 aliphatic rings. The molecule has 1 aromatic heterocycles. The third kappa shape index (κ3) is 6.83. The molecule has 1 heterocycles. The summed E-state index contributed by atoms with van der Waals surface area (Å²) in [5.74, 6) is -0.249. The molecule has 0 atom stereocenters. The van der Waals surface area contributed by atoms with Gasteiger partial charge in [0.25, 0.3) is 0 Å². The quantitative estimate of drug-likeness (QED) is 0.362. The highest BCUT2D eigenvalue weighted by Crippen LogP contribution is 2.08. The first-order valence-electron chi connectivity index (χ1n) is 10.6. The lowest BCUT2D eigenvalue weighted by atomic mass is 10.1. The highest BCUT2D eigenvalue weighted by Gasteiger charge is 2.04. The van der Waals surface area contributed by atoms with E-state index in [0.717, 1.165) is 49.3 Å². The summed E-state index contributed by atoms with van der Waals surface area (Å²) in [7, 11) is 0. The van der Waals surface area contributed by atoms with E-state index in [2.05, 4.69) is 48.9 Å². The Hall–Kier alpha value is -2.07. The summed E-state index contributed by atoms with van der Waals surface area (Å²) >= 11 is 0. The maximum Gasteiger partial charge on any atom is 0.332 e. The van der Waals surface area contributed by atoms with E-state index in [1.54, 1.807) is 0 Å². The Bertz CT molecular complexity index is 777. The number of aromatic nitrogens is 1. The van der Waals surface area contributed by atoms with Crippen LogP contribution >= 0.6 is 0 Å². The van der Waals surface area contributed by atoms with Crippen molar-refractivity contribution in [3.63, 3.8) is 0 Å². The van der Waals surface area contributed by atoms with Crippen LogP contribution in [-0.4, -0.2) is 30.4 Å². The standard InChI is InChI=1S/C24H35NO3/c1-4-5-18-28-24(26)19-27-17-13-9-7-6-8-12-16-25-20(2)22-14-10-11-15-23(22)21(25)3/h10-11,14-15H,2-9,12-13,16-19H2,1H3. The van der Waals surface area contributed by atoms with Crippen molar-refractivity contribution < 1.29 is 14.3 Å². The number of carbonyl (C=O) groups excluding carboxylic acids is 1. The summed E-state index contributed by atoms with van der Waals surface area (Å²) in [6, 6.07) is 8.35. The van der Waals surface area contributed by atoms with Crippen LogP contribution in [0.5, 0.6) is 0 Å². The van der Waals surface area contributed by atoms with Gasteiger partial charge in [0, 0.05) is 34.6 Å². The van der Waals surface area contributed by atoms with E-state index in [4.69, 9.17) is 9.47 Å². The summed E-state index contributed by atoms with van der Waals surface area (Å²) in [6.07, 6.45) is 8.86. The van der Waals surface area contributed by atoms with Crippen LogP contribution in [-0.2, 0) is 20.8 Å². The van der Waals surface area contributed by atoms with Crippen molar-refractivity contribution in [3.05, 3.63) is 35.0 Å². The van der Waals surface area contributed by atoms with Crippen molar-refractivity contribution in [3.8, 4) is 0 Å². The summed E-state index contributed by atoms with van der Waals surface area (Å²) in [6.45, 7) is 12.7. The lowest BCUT2D eigenvalue weighted by molar-refractivity contribution is -0.149. The maximum absolute atomic E-state index is 11.4. The first kappa shape index (κ1) is 22.2. The predicted molar refractivity (Wildman–Crippen MR) is 117 cm³/mol. The molecular weight excluding hydrogens is 350 g/mol. The second kappa shape index (κ2) is 12.4. The zero-order valence-electron chi connectivity index (χ0n) is 17.4. The monoisotopic (exact) mass is 385 g/mol. The number of unbranched alkanes of at least 4 members (excludes halogenated alkanes) is 6. The molecule has 0 spiro atoms. The van der Waals surface area contributed by atoms with E-state index in [1.807, 2.05) is 0 Å². The van der Waals surface area contributed by atoms with Gasteiger partial charge >= 0.3 is 5.97 Å². The number of hydrogen-bond donors (Lipinski definition) is 0. The van der Waals surface area contributed by atoms with Crippen LogP contribution in [0.4, 0.5) is 0 Å². The minimum Gasteiger partial charge on any atom is -0.464 e. The van der Waals surface area contributed by atoms with Gasteiger partial charge in [-0.2, -0.15) is 0 Å². The van der Waals surface area contributed by atoms with E-state index in [1.165, 1.54) is 30.0 Å². The van der Waals surface area contributed by atoms with E-state index in [-0.39, 0.29) is 12.6 Å². The second-order valence-corrected chi connectivity index (χ2v) is 7.34. The number of esters is 1. The van der Waals surface area contributed by atoms with Crippen molar-refractivity contribution in [2.75, 3.05) is 19.8 Å². The van der Waals surface area contributed by atoms with Crippen molar-refractivity contribution in [2.24, 2.45) is 0 Å². The maximum atomic E-state index is 11.4. The molecule has 0 aliphatic heterocycles. The first-order chi connectivity index (χ1) is 13.6. The molecule has 0 bridgehead atoms. The van der Waals surface area contributed by atoms with E-state index in [0.29, 0.717) is 13.2 Å². The molecule has 0 unspecified atom stereocenters. The first-order valence-corrected chi connectivity index (χ1v) is 10.6. The van der Waals surface area contributed by atoms with Crippen LogP contribution < -0.4 is 10.7 Å². The average molecular weight is 386 g/mol. The molecule has 0 radical (unpaired) electrons. The smallest absolute Gasteiger partial charge is 0.332 e. The Morgan fingerprint density at radius 2 is 1.50 bits per heavy atom. The largest absolute Gasteiger partial charge is 0.464 e. The Kier molecular flexibility index (Phi) is 9.84. The molecule has 0 saturated heterocycles. The van der Waals surface area contributed by atoms with Gasteiger partial charge in [0.1, 0.15) is 6.61 Å². The number of benzene rings is 1. The number of ether oxygens (including phenoxy) is 2. The molecule has 0 saturated carbocycles. The zero-order valence-corrected chi connectivity index (χ0v) is 17.4. The van der Waals surface area contributed by atoms with E-state index < -0.39 is 0 Å². The summed E-state index contributed by atoms with van der Waals surface area (Å²) in [5, 5.41) is 4.57. The summed E-state index contributed by atoms with van der Waals surface area (Å²) < 4.78 is 12.7. The van der Waals surface area contributed by atoms with Crippen LogP contribution in [0, 0.1) is 0 Å². The number of fused-ring (bicyclic) bond motifs is 1. The second-order valence-electron chi connectivity index (χ2n) is 7.34. The molecule has 4 nitrogen and oxygen atoms in total. The third-order valence-electron chi connectivity index (χ3n) is 5.10. The molecule has 0 N–H and O–H groups in total. The zero-order chi connectivity index (χ0) is 20.2. The molecule has 0 fully saturated rings. The van der Waals surface area contributed by atoms with Crippen molar-refractivity contribution in [1.82, 2.24) is 4.57 Å². The lowest BCUT2D eigenvalue weighted by Crippen LogP contribution is -2.25. The van der Waals surface area contributed by atoms with E-state index >= 15 is 0 Å². The molecule has 154 valence electrons. The Balaban J connectivity index is 1.51. The molecule has 2 aromatic rings. The van der Waals surface area contributed by atoms with Gasteiger partial charge in [0.05, 0.1) is 6.61 Å². The predicted octanol–water partition coefficient (Wildman–Crippen LogP) is 4.16. The Morgan fingerprint density at radius 3 is 2.14 bits per heavy atom. The molecule has 1 aromatic carbocycles. The van der Waals surface area contributed by atoms with E-state index in [9.17, 15) is 4.79 Å². The number of hydrogen-bond acceptors (Lipinski definition) is 3. The van der Waals surface area contributed by atoms with Crippen LogP contribution in [0.3, 0.4) is 0 Å². The molecule has 4 heteroatoms. The normalized spacial score (nSPS) is 11.2. The average Bonchev–Trinajstić information content (AvgIpc) is 2.94. The van der Waals surface area contributed by atoms with Gasteiger partial charge in [-0.25, -0.2) is 4.79 Å². The summed E-state index contributed by atoms with van der Waals surface area (Å²) in [4.78, 5) is 11.4. The van der Waals surface area contributed by atoms with Crippen molar-refractivity contribution in [1.29, 1.82) is 0 Å². The fourth-order valence-electron chi connectivity index (χ4n) is 3.42. The SMILES string of the molecule is C=c1c2ccccc2c(=C)n1CCCCCCCCOCC(=O)OCCCC. The van der Waals surface area contributed by atoms with Crippen LogP contribution in [0.2, 0.25) is 0 Å². The third-order valence-corrected chi connectivity index (χ3v) is 5.10. The van der Waals surface area contributed by atoms with Gasteiger partial charge in [0.15, 0.2) is 0 Å². The van der Waals surface area contributed by atoms with Gasteiger partial charge in [-0.15, -0.1) is 0 Å². The minimum atomic E-state index is -0.249. The molecule has 0 amide bonds. The molecule has 2 rings (SSSR count). The molecular formula is C24H35NO3. The molecule has 28 heavy (non-hydrogen) atoms. The summed E-state index contributed by atoms with van der Waals surface area (Å²) in [5.41, 5.74) is 0. The molecule has 0 aliphatic carbocycles. The minimum absolute atomic E-state index is 0.0791. The van der Waals surface area contributed by atoms with Gasteiger partial charge in [0.2, 0.25) is 0 Å². The fourth-order valence-corrected chi connectivity index (χ4v) is 3.42. The van der Waals surface area contributed by atoms with Gasteiger partial charge < -0.3 is 14.0 Å². The van der Waals surface area contributed by atoms with Gasteiger partial charge in [-0.1, -0.05) is 76.5 Å². The van der Waals surface area contributed by atoms with Gasteiger partial charge in [-0.05, 0) is 19.3 Å². The van der Waals surface area contributed by atoms with Gasteiger partial charge in [-0.3, -0.25) is 0 Å². The Morgan fingerprint density at radius 1 is 0.893 bits per heavy atom. The highest BCUT2D eigenvalue weighted by molar-refractivity contribution is 5.83. The lowest BCUT2D eigenvalue weighted by Gasteiger charge is -2.06.